The highest BCUT2D eigenvalue weighted by molar-refractivity contribution is 6.14. The fourth-order valence-electron chi connectivity index (χ4n) is 4.34. The van der Waals surface area contributed by atoms with Crippen molar-refractivity contribution in [2.24, 2.45) is 0 Å². The van der Waals surface area contributed by atoms with Gasteiger partial charge in [0.1, 0.15) is 17.6 Å². The molecule has 1 unspecified atom stereocenters. The van der Waals surface area contributed by atoms with Gasteiger partial charge in [0.25, 0.3) is 0 Å². The normalized spacial score (nSPS) is 14.4. The lowest BCUT2D eigenvalue weighted by Gasteiger charge is -2.27. The number of hydrogen-bond acceptors (Lipinski definition) is 5. The van der Waals surface area contributed by atoms with Gasteiger partial charge in [0, 0.05) is 22.2 Å². The van der Waals surface area contributed by atoms with Gasteiger partial charge < -0.3 is 19.9 Å². The van der Waals surface area contributed by atoms with E-state index in [2.05, 4.69) is 0 Å². The summed E-state index contributed by atoms with van der Waals surface area (Å²) < 4.78 is 17.0. The third-order valence-electron chi connectivity index (χ3n) is 5.90. The second kappa shape index (κ2) is 8.36. The molecule has 4 aromatic carbocycles. The first-order valence-electron chi connectivity index (χ1n) is 10.6. The summed E-state index contributed by atoms with van der Waals surface area (Å²) in [5.74, 6) is 1.01. The predicted molar refractivity (Wildman–Crippen MR) is 131 cm³/mol. The fourth-order valence-corrected chi connectivity index (χ4v) is 4.34. The van der Waals surface area contributed by atoms with Crippen LogP contribution in [0.3, 0.4) is 0 Å². The first-order chi connectivity index (χ1) is 16.1. The average molecular weight is 437 g/mol. The molecule has 4 aromatic rings. The highest BCUT2D eigenvalue weighted by Gasteiger charge is 2.29. The molecular weight excluding hydrogens is 414 g/mol. The van der Waals surface area contributed by atoms with E-state index in [0.29, 0.717) is 22.6 Å². The third kappa shape index (κ3) is 3.57. The standard InChI is InChI=1S/C28H23NO4/c1-31-20-12-10-17(11-13-20)24-15-14-23-26(28(30)32-2)25(18-6-5-7-19(29)16-18)21-8-3-4-9-22(21)27(23)33-24/h3-16,24H,29H2,1-2H3. The van der Waals surface area contributed by atoms with E-state index in [1.165, 1.54) is 7.11 Å². The molecule has 5 nitrogen and oxygen atoms in total. The van der Waals surface area contributed by atoms with Crippen molar-refractivity contribution in [2.75, 3.05) is 20.0 Å². The quantitative estimate of drug-likeness (QED) is 0.312. The summed E-state index contributed by atoms with van der Waals surface area (Å²) in [6.07, 6.45) is 3.60. The Hall–Kier alpha value is -4.25. The van der Waals surface area contributed by atoms with Gasteiger partial charge in [-0.2, -0.15) is 0 Å². The van der Waals surface area contributed by atoms with Crippen LogP contribution in [0.5, 0.6) is 11.5 Å². The minimum atomic E-state index is -0.425. The van der Waals surface area contributed by atoms with E-state index in [1.807, 2.05) is 84.9 Å². The monoisotopic (exact) mass is 437 g/mol. The summed E-state index contributed by atoms with van der Waals surface area (Å²) in [7, 11) is 3.03. The van der Waals surface area contributed by atoms with E-state index in [1.54, 1.807) is 7.11 Å². The molecule has 0 spiro atoms. The highest BCUT2D eigenvalue weighted by atomic mass is 16.5. The number of anilines is 1. The molecule has 1 heterocycles. The predicted octanol–water partition coefficient (Wildman–Crippen LogP) is 6.03. The molecule has 0 aromatic heterocycles. The van der Waals surface area contributed by atoms with E-state index in [0.717, 1.165) is 33.2 Å². The third-order valence-corrected chi connectivity index (χ3v) is 5.90. The Balaban J connectivity index is 1.76. The summed E-state index contributed by atoms with van der Waals surface area (Å²) >= 11 is 0. The summed E-state index contributed by atoms with van der Waals surface area (Å²) in [5.41, 5.74) is 10.5. The van der Waals surface area contributed by atoms with Crippen LogP contribution in [0.1, 0.15) is 27.6 Å². The molecule has 0 fully saturated rings. The molecule has 33 heavy (non-hydrogen) atoms. The molecule has 0 saturated heterocycles. The van der Waals surface area contributed by atoms with Gasteiger partial charge in [0.2, 0.25) is 0 Å². The number of carbonyl (C=O) groups excluding carboxylic acids is 1. The van der Waals surface area contributed by atoms with Crippen molar-refractivity contribution in [3.05, 3.63) is 95.6 Å². The molecule has 0 amide bonds. The summed E-state index contributed by atoms with van der Waals surface area (Å²) in [5, 5.41) is 1.81. The van der Waals surface area contributed by atoms with E-state index < -0.39 is 5.97 Å². The summed E-state index contributed by atoms with van der Waals surface area (Å²) in [6, 6.07) is 23.2. The number of hydrogen-bond donors (Lipinski definition) is 1. The van der Waals surface area contributed by atoms with Crippen LogP contribution in [0.25, 0.3) is 28.0 Å². The lowest BCUT2D eigenvalue weighted by Crippen LogP contribution is -2.14. The number of carbonyl (C=O) groups is 1. The average Bonchev–Trinajstić information content (AvgIpc) is 2.87. The first kappa shape index (κ1) is 20.6. The Kier molecular flexibility index (Phi) is 5.23. The summed E-state index contributed by atoms with van der Waals surface area (Å²) in [6.45, 7) is 0. The molecule has 5 rings (SSSR count). The van der Waals surface area contributed by atoms with E-state index in [-0.39, 0.29) is 6.10 Å². The van der Waals surface area contributed by atoms with Crippen LogP contribution in [-0.4, -0.2) is 20.2 Å². The van der Waals surface area contributed by atoms with Crippen molar-refractivity contribution in [2.45, 2.75) is 6.10 Å². The maximum Gasteiger partial charge on any atom is 0.339 e. The van der Waals surface area contributed by atoms with Crippen molar-refractivity contribution in [3.63, 3.8) is 0 Å². The van der Waals surface area contributed by atoms with Crippen molar-refractivity contribution in [1.29, 1.82) is 0 Å². The number of esters is 1. The van der Waals surface area contributed by atoms with Crippen molar-refractivity contribution < 1.29 is 19.0 Å². The van der Waals surface area contributed by atoms with Crippen LogP contribution in [0, 0.1) is 0 Å². The fraction of sp³-hybridized carbons (Fsp3) is 0.107. The molecule has 2 N–H and O–H groups in total. The summed E-state index contributed by atoms with van der Waals surface area (Å²) in [4.78, 5) is 13.1. The Morgan fingerprint density at radius 3 is 2.39 bits per heavy atom. The zero-order chi connectivity index (χ0) is 22.9. The van der Waals surface area contributed by atoms with E-state index in [9.17, 15) is 4.79 Å². The van der Waals surface area contributed by atoms with Gasteiger partial charge in [-0.1, -0.05) is 54.6 Å². The van der Waals surface area contributed by atoms with Gasteiger partial charge in [-0.3, -0.25) is 0 Å². The first-order valence-corrected chi connectivity index (χ1v) is 10.6. The number of benzene rings is 4. The SMILES string of the molecule is COC(=O)c1c2c(c3ccccc3c1-c1cccc(N)c1)OC(c1ccc(OC)cc1)C=C2. The molecule has 1 atom stereocenters. The number of rotatable bonds is 4. The highest BCUT2D eigenvalue weighted by Crippen LogP contribution is 2.46. The molecule has 0 aliphatic carbocycles. The van der Waals surface area contributed by atoms with Crippen LogP contribution in [0.2, 0.25) is 0 Å². The molecule has 1 aliphatic rings. The lowest BCUT2D eigenvalue weighted by atomic mass is 9.87. The molecule has 5 heteroatoms. The van der Waals surface area contributed by atoms with Crippen LogP contribution >= 0.6 is 0 Å². The van der Waals surface area contributed by atoms with Gasteiger partial charge in [-0.15, -0.1) is 0 Å². The number of nitrogen functional groups attached to an aromatic ring is 1. The maximum absolute atomic E-state index is 13.1. The van der Waals surface area contributed by atoms with Gasteiger partial charge in [0.05, 0.1) is 19.8 Å². The minimum Gasteiger partial charge on any atom is -0.497 e. The second-order valence-electron chi connectivity index (χ2n) is 7.83. The van der Waals surface area contributed by atoms with Crippen molar-refractivity contribution in [1.82, 2.24) is 0 Å². The number of methoxy groups -OCH3 is 2. The largest absolute Gasteiger partial charge is 0.497 e. The number of nitrogens with two attached hydrogens (primary N) is 1. The Morgan fingerprint density at radius 2 is 1.70 bits per heavy atom. The smallest absolute Gasteiger partial charge is 0.339 e. The molecule has 0 radical (unpaired) electrons. The molecular formula is C28H23NO4. The lowest BCUT2D eigenvalue weighted by molar-refractivity contribution is 0.0600. The van der Waals surface area contributed by atoms with Crippen molar-refractivity contribution in [3.8, 4) is 22.6 Å². The Labute approximate surface area is 192 Å². The number of fused-ring (bicyclic) bond motifs is 3. The van der Waals surface area contributed by atoms with Crippen LogP contribution < -0.4 is 15.2 Å². The molecule has 0 bridgehead atoms. The second-order valence-corrected chi connectivity index (χ2v) is 7.83. The van der Waals surface area contributed by atoms with Crippen LogP contribution in [0.4, 0.5) is 5.69 Å². The Morgan fingerprint density at radius 1 is 0.939 bits per heavy atom. The van der Waals surface area contributed by atoms with Crippen LogP contribution in [0.15, 0.2) is 78.9 Å². The van der Waals surface area contributed by atoms with Gasteiger partial charge >= 0.3 is 5.97 Å². The van der Waals surface area contributed by atoms with E-state index in [4.69, 9.17) is 19.9 Å². The zero-order valence-electron chi connectivity index (χ0n) is 18.4. The molecule has 1 aliphatic heterocycles. The minimum absolute atomic E-state index is 0.296. The zero-order valence-corrected chi connectivity index (χ0v) is 18.4. The van der Waals surface area contributed by atoms with Crippen molar-refractivity contribution >= 4 is 28.5 Å². The Bertz CT molecular complexity index is 1390. The van der Waals surface area contributed by atoms with Gasteiger partial charge in [-0.05, 0) is 46.9 Å². The topological polar surface area (TPSA) is 70.8 Å². The van der Waals surface area contributed by atoms with Crippen LogP contribution in [-0.2, 0) is 4.74 Å². The van der Waals surface area contributed by atoms with Gasteiger partial charge in [-0.25, -0.2) is 4.79 Å². The van der Waals surface area contributed by atoms with Gasteiger partial charge in [0.15, 0.2) is 0 Å². The number of ether oxygens (including phenoxy) is 3. The van der Waals surface area contributed by atoms with E-state index >= 15 is 0 Å². The maximum atomic E-state index is 13.1. The molecule has 0 saturated carbocycles. The molecule has 164 valence electrons.